The Morgan fingerprint density at radius 2 is 1.87 bits per heavy atom. The van der Waals surface area contributed by atoms with Crippen molar-refractivity contribution in [2.24, 2.45) is 4.99 Å². The topological polar surface area (TPSA) is 80.2 Å². The molecule has 0 saturated carbocycles. The van der Waals surface area contributed by atoms with Gasteiger partial charge in [-0.3, -0.25) is 14.7 Å². The highest BCUT2D eigenvalue weighted by atomic mass is 127. The number of piperazine rings is 1. The summed E-state index contributed by atoms with van der Waals surface area (Å²) in [5.74, 6) is 1.30. The normalized spacial score (nSPS) is 17.3. The van der Waals surface area contributed by atoms with Gasteiger partial charge in [-0.25, -0.2) is 0 Å². The molecular formula is C22H36IN5O2. The Balaban J connectivity index is 0.00000320. The predicted octanol–water partition coefficient (Wildman–Crippen LogP) is 2.11. The first kappa shape index (κ1) is 24.7. The number of aliphatic imine (C=N–C) groups is 1. The van der Waals surface area contributed by atoms with E-state index in [-0.39, 0.29) is 35.9 Å². The number of hydrogen-bond donors (Lipinski definition) is 3. The third kappa shape index (κ3) is 6.47. The van der Waals surface area contributed by atoms with Crippen molar-refractivity contribution in [2.45, 2.75) is 52.1 Å². The highest BCUT2D eigenvalue weighted by Crippen LogP contribution is 2.30. The molecule has 0 unspecified atom stereocenters. The van der Waals surface area contributed by atoms with E-state index < -0.39 is 0 Å². The molecule has 2 aliphatic rings. The molecule has 1 aliphatic carbocycles. The van der Waals surface area contributed by atoms with Crippen molar-refractivity contribution < 1.29 is 9.90 Å². The van der Waals surface area contributed by atoms with Crippen molar-refractivity contribution >= 4 is 35.8 Å². The van der Waals surface area contributed by atoms with Gasteiger partial charge in [-0.15, -0.1) is 24.0 Å². The molecule has 1 amide bonds. The number of halogens is 1. The fourth-order valence-electron chi connectivity index (χ4n) is 4.28. The Labute approximate surface area is 197 Å². The van der Waals surface area contributed by atoms with Gasteiger partial charge in [0.2, 0.25) is 5.91 Å². The van der Waals surface area contributed by atoms with Crippen molar-refractivity contribution in [3.05, 3.63) is 28.8 Å². The van der Waals surface area contributed by atoms with Crippen LogP contribution in [-0.2, 0) is 24.2 Å². The van der Waals surface area contributed by atoms with E-state index in [2.05, 4.69) is 31.5 Å². The van der Waals surface area contributed by atoms with Gasteiger partial charge in [-0.2, -0.15) is 0 Å². The Morgan fingerprint density at radius 3 is 2.53 bits per heavy atom. The fraction of sp³-hybridized carbons (Fsp3) is 0.636. The van der Waals surface area contributed by atoms with Crippen LogP contribution in [0.3, 0.4) is 0 Å². The summed E-state index contributed by atoms with van der Waals surface area (Å²) < 4.78 is 0. The number of rotatable bonds is 5. The zero-order chi connectivity index (χ0) is 20.8. The standard InChI is InChI=1S/C22H35N5O2.HI/c1-16(2)25-21(29)15-26-10-12-27(13-11-26)22(23-3)24-14-19-18-7-5-4-6-17(18)8-9-20(19)28;/h8-9,16,28H,4-7,10-15H2,1-3H3,(H,23,24)(H,25,29);1H. The molecule has 7 nitrogen and oxygen atoms in total. The second kappa shape index (κ2) is 11.7. The van der Waals surface area contributed by atoms with Gasteiger partial charge in [0.1, 0.15) is 5.75 Å². The van der Waals surface area contributed by atoms with Crippen molar-refractivity contribution in [3.63, 3.8) is 0 Å². The number of benzene rings is 1. The van der Waals surface area contributed by atoms with E-state index in [9.17, 15) is 9.90 Å². The molecule has 3 N–H and O–H groups in total. The molecule has 168 valence electrons. The lowest BCUT2D eigenvalue weighted by Crippen LogP contribution is -2.54. The van der Waals surface area contributed by atoms with E-state index in [1.54, 1.807) is 7.05 Å². The monoisotopic (exact) mass is 529 g/mol. The van der Waals surface area contributed by atoms with Crippen LogP contribution in [0.2, 0.25) is 0 Å². The average molecular weight is 529 g/mol. The Morgan fingerprint density at radius 1 is 1.17 bits per heavy atom. The first-order valence-corrected chi connectivity index (χ1v) is 10.8. The van der Waals surface area contributed by atoms with Crippen LogP contribution in [-0.4, -0.2) is 72.6 Å². The maximum absolute atomic E-state index is 12.0. The van der Waals surface area contributed by atoms with Crippen molar-refractivity contribution in [1.29, 1.82) is 0 Å². The molecule has 0 aromatic heterocycles. The molecule has 3 rings (SSSR count). The number of fused-ring (bicyclic) bond motifs is 1. The molecule has 1 saturated heterocycles. The number of carbonyl (C=O) groups is 1. The molecule has 0 spiro atoms. The maximum Gasteiger partial charge on any atom is 0.234 e. The highest BCUT2D eigenvalue weighted by Gasteiger charge is 2.22. The first-order valence-electron chi connectivity index (χ1n) is 10.8. The lowest BCUT2D eigenvalue weighted by Gasteiger charge is -2.36. The fourth-order valence-corrected chi connectivity index (χ4v) is 4.28. The van der Waals surface area contributed by atoms with Crippen LogP contribution in [0.4, 0.5) is 0 Å². The molecule has 1 fully saturated rings. The van der Waals surface area contributed by atoms with E-state index in [1.807, 2.05) is 19.9 Å². The largest absolute Gasteiger partial charge is 0.508 e. The first-order chi connectivity index (χ1) is 14.0. The molecule has 1 aliphatic heterocycles. The SMILES string of the molecule is CN=C(NCc1c(O)ccc2c1CCCC2)N1CCN(CC(=O)NC(C)C)CC1.I. The summed E-state index contributed by atoms with van der Waals surface area (Å²) in [5, 5.41) is 16.8. The molecule has 30 heavy (non-hydrogen) atoms. The van der Waals surface area contributed by atoms with Gasteiger partial charge in [0, 0.05) is 51.4 Å². The summed E-state index contributed by atoms with van der Waals surface area (Å²) in [4.78, 5) is 20.8. The van der Waals surface area contributed by atoms with Gasteiger partial charge >= 0.3 is 0 Å². The molecule has 1 aromatic rings. The van der Waals surface area contributed by atoms with Gasteiger partial charge in [0.25, 0.3) is 0 Å². The smallest absolute Gasteiger partial charge is 0.234 e. The molecule has 1 heterocycles. The number of guanidine groups is 1. The van der Waals surface area contributed by atoms with Crippen LogP contribution in [0.5, 0.6) is 5.75 Å². The second-order valence-electron chi connectivity index (χ2n) is 8.29. The van der Waals surface area contributed by atoms with Gasteiger partial charge in [-0.1, -0.05) is 6.07 Å². The van der Waals surface area contributed by atoms with Crippen LogP contribution in [0.1, 0.15) is 43.4 Å². The third-order valence-electron chi connectivity index (χ3n) is 5.75. The second-order valence-corrected chi connectivity index (χ2v) is 8.29. The van der Waals surface area contributed by atoms with Crippen LogP contribution in [0.15, 0.2) is 17.1 Å². The minimum Gasteiger partial charge on any atom is -0.508 e. The van der Waals surface area contributed by atoms with Crippen LogP contribution in [0.25, 0.3) is 0 Å². The molecule has 0 bridgehead atoms. The number of amides is 1. The molecule has 1 aromatic carbocycles. The average Bonchev–Trinajstić information content (AvgIpc) is 2.70. The lowest BCUT2D eigenvalue weighted by atomic mass is 9.88. The van der Waals surface area contributed by atoms with E-state index in [1.165, 1.54) is 24.0 Å². The molecular weight excluding hydrogens is 493 g/mol. The minimum absolute atomic E-state index is 0. The summed E-state index contributed by atoms with van der Waals surface area (Å²) in [5.41, 5.74) is 3.68. The van der Waals surface area contributed by atoms with Crippen LogP contribution in [0, 0.1) is 0 Å². The molecule has 8 heteroatoms. The summed E-state index contributed by atoms with van der Waals surface area (Å²) in [6, 6.07) is 4.06. The zero-order valence-corrected chi connectivity index (χ0v) is 20.7. The minimum atomic E-state index is 0. The summed E-state index contributed by atoms with van der Waals surface area (Å²) in [6.07, 6.45) is 4.55. The number of nitrogens with zero attached hydrogens (tertiary/aromatic N) is 3. The van der Waals surface area contributed by atoms with Crippen LogP contribution >= 0.6 is 24.0 Å². The number of nitrogens with one attached hydrogen (secondary N) is 2. The van der Waals surface area contributed by atoms with Gasteiger partial charge in [0.05, 0.1) is 6.54 Å². The van der Waals surface area contributed by atoms with Crippen molar-refractivity contribution in [1.82, 2.24) is 20.4 Å². The number of aromatic hydroxyl groups is 1. The quantitative estimate of drug-likeness (QED) is 0.310. The molecule has 0 radical (unpaired) electrons. The predicted molar refractivity (Wildman–Crippen MR) is 132 cm³/mol. The zero-order valence-electron chi connectivity index (χ0n) is 18.4. The number of phenolic OH excluding ortho intramolecular Hbond substituents is 1. The number of carbonyl (C=O) groups excluding carboxylic acids is 1. The Kier molecular flexibility index (Phi) is 9.67. The van der Waals surface area contributed by atoms with E-state index in [0.717, 1.165) is 50.5 Å². The van der Waals surface area contributed by atoms with Gasteiger partial charge in [-0.05, 0) is 56.7 Å². The number of aryl methyl sites for hydroxylation is 1. The highest BCUT2D eigenvalue weighted by molar-refractivity contribution is 14.0. The lowest BCUT2D eigenvalue weighted by molar-refractivity contribution is -0.123. The van der Waals surface area contributed by atoms with Crippen molar-refractivity contribution in [2.75, 3.05) is 39.8 Å². The van der Waals surface area contributed by atoms with Gasteiger partial charge < -0.3 is 20.6 Å². The summed E-state index contributed by atoms with van der Waals surface area (Å²) in [6.45, 7) is 8.30. The number of phenols is 1. The van der Waals surface area contributed by atoms with Gasteiger partial charge in [0.15, 0.2) is 5.96 Å². The Hall–Kier alpha value is -1.55. The van der Waals surface area contributed by atoms with E-state index >= 15 is 0 Å². The maximum atomic E-state index is 12.0. The van der Waals surface area contributed by atoms with E-state index in [0.29, 0.717) is 18.8 Å². The van der Waals surface area contributed by atoms with E-state index in [4.69, 9.17) is 0 Å². The molecule has 0 atom stereocenters. The summed E-state index contributed by atoms with van der Waals surface area (Å²) >= 11 is 0. The van der Waals surface area contributed by atoms with Crippen LogP contribution < -0.4 is 10.6 Å². The Bertz CT molecular complexity index is 745. The third-order valence-corrected chi connectivity index (χ3v) is 5.75. The van der Waals surface area contributed by atoms with Crippen molar-refractivity contribution in [3.8, 4) is 5.75 Å². The number of hydrogen-bond acceptors (Lipinski definition) is 4. The summed E-state index contributed by atoms with van der Waals surface area (Å²) in [7, 11) is 1.80.